The molecule has 0 N–H and O–H groups in total. The Morgan fingerprint density at radius 2 is 2.06 bits per heavy atom. The highest BCUT2D eigenvalue weighted by Gasteiger charge is 2.31. The molecular formula is C11H6F3NOS. The first-order chi connectivity index (χ1) is 7.98. The second kappa shape index (κ2) is 4.29. The van der Waals surface area contributed by atoms with Crippen molar-refractivity contribution in [2.75, 3.05) is 0 Å². The zero-order valence-corrected chi connectivity index (χ0v) is 9.18. The number of carbonyl (C=O) groups excluding carboxylic acids is 1. The highest BCUT2D eigenvalue weighted by Crippen LogP contribution is 2.30. The molecule has 0 aliphatic carbocycles. The third-order valence-electron chi connectivity index (χ3n) is 2.08. The molecule has 0 fully saturated rings. The van der Waals surface area contributed by atoms with Crippen LogP contribution in [0.15, 0.2) is 35.8 Å². The first-order valence-electron chi connectivity index (χ1n) is 4.60. The molecule has 0 unspecified atom stereocenters. The Morgan fingerprint density at radius 3 is 2.65 bits per heavy atom. The molecule has 1 aromatic heterocycles. The summed E-state index contributed by atoms with van der Waals surface area (Å²) in [5.41, 5.74) is -0.838. The number of hydrogen-bond acceptors (Lipinski definition) is 3. The summed E-state index contributed by atoms with van der Waals surface area (Å²) in [5.74, 6) is -0.494. The maximum atomic E-state index is 12.4. The van der Waals surface area contributed by atoms with Gasteiger partial charge in [0.25, 0.3) is 0 Å². The van der Waals surface area contributed by atoms with E-state index in [0.29, 0.717) is 0 Å². The third-order valence-corrected chi connectivity index (χ3v) is 2.85. The second-order valence-electron chi connectivity index (χ2n) is 3.24. The number of hydrogen-bond donors (Lipinski definition) is 0. The minimum Gasteiger partial charge on any atom is -0.286 e. The van der Waals surface area contributed by atoms with Crippen molar-refractivity contribution in [1.29, 1.82) is 0 Å². The highest BCUT2D eigenvalue weighted by atomic mass is 32.1. The topological polar surface area (TPSA) is 30.0 Å². The van der Waals surface area contributed by atoms with E-state index < -0.39 is 17.5 Å². The molecule has 0 radical (unpaired) electrons. The average Bonchev–Trinajstić information content (AvgIpc) is 2.80. The van der Waals surface area contributed by atoms with Crippen molar-refractivity contribution in [3.8, 4) is 0 Å². The summed E-state index contributed by atoms with van der Waals surface area (Å²) in [4.78, 5) is 15.5. The number of halogens is 3. The van der Waals surface area contributed by atoms with Crippen LogP contribution in [-0.4, -0.2) is 10.8 Å². The van der Waals surface area contributed by atoms with E-state index in [1.165, 1.54) is 18.3 Å². The maximum Gasteiger partial charge on any atom is 0.416 e. The summed E-state index contributed by atoms with van der Waals surface area (Å²) >= 11 is 1.10. The molecule has 0 spiro atoms. The fraction of sp³-hybridized carbons (Fsp3) is 0.0909. The monoisotopic (exact) mass is 257 g/mol. The van der Waals surface area contributed by atoms with Crippen molar-refractivity contribution in [1.82, 2.24) is 4.98 Å². The standard InChI is InChI=1S/C11H6F3NOS/c12-11(13,14)8-3-1-2-7(6-8)9(16)10-15-4-5-17-10/h1-6H. The molecule has 0 saturated heterocycles. The predicted molar refractivity (Wildman–Crippen MR) is 57.0 cm³/mol. The van der Waals surface area contributed by atoms with Crippen molar-refractivity contribution in [3.05, 3.63) is 52.0 Å². The minimum atomic E-state index is -4.45. The lowest BCUT2D eigenvalue weighted by molar-refractivity contribution is -0.137. The van der Waals surface area contributed by atoms with Gasteiger partial charge in [-0.2, -0.15) is 13.2 Å². The van der Waals surface area contributed by atoms with Gasteiger partial charge in [-0.15, -0.1) is 11.3 Å². The lowest BCUT2D eigenvalue weighted by Crippen LogP contribution is -2.07. The number of ketones is 1. The molecule has 2 nitrogen and oxygen atoms in total. The van der Waals surface area contributed by atoms with Gasteiger partial charge in [0.1, 0.15) is 0 Å². The van der Waals surface area contributed by atoms with Crippen LogP contribution in [0.5, 0.6) is 0 Å². The van der Waals surface area contributed by atoms with Crippen LogP contribution in [0.25, 0.3) is 0 Å². The summed E-state index contributed by atoms with van der Waals surface area (Å²) in [6, 6.07) is 4.32. The number of thiazole rings is 1. The number of benzene rings is 1. The van der Waals surface area contributed by atoms with Crippen LogP contribution < -0.4 is 0 Å². The smallest absolute Gasteiger partial charge is 0.286 e. The van der Waals surface area contributed by atoms with Gasteiger partial charge in [0.2, 0.25) is 5.78 Å². The van der Waals surface area contributed by atoms with Crippen molar-refractivity contribution < 1.29 is 18.0 Å². The van der Waals surface area contributed by atoms with E-state index in [-0.39, 0.29) is 10.6 Å². The van der Waals surface area contributed by atoms with Crippen LogP contribution >= 0.6 is 11.3 Å². The summed E-state index contributed by atoms with van der Waals surface area (Å²) < 4.78 is 37.3. The van der Waals surface area contributed by atoms with E-state index in [0.717, 1.165) is 23.5 Å². The van der Waals surface area contributed by atoms with Crippen molar-refractivity contribution in [3.63, 3.8) is 0 Å². The Morgan fingerprint density at radius 1 is 1.29 bits per heavy atom. The van der Waals surface area contributed by atoms with Gasteiger partial charge < -0.3 is 0 Å². The van der Waals surface area contributed by atoms with E-state index in [1.54, 1.807) is 5.38 Å². The van der Waals surface area contributed by atoms with Crippen LogP contribution in [0.4, 0.5) is 13.2 Å². The van der Waals surface area contributed by atoms with Gasteiger partial charge in [0, 0.05) is 17.1 Å². The normalized spacial score (nSPS) is 11.5. The van der Waals surface area contributed by atoms with E-state index in [4.69, 9.17) is 0 Å². The number of rotatable bonds is 2. The molecule has 0 amide bonds. The zero-order valence-electron chi connectivity index (χ0n) is 8.36. The van der Waals surface area contributed by atoms with Gasteiger partial charge in [-0.05, 0) is 12.1 Å². The van der Waals surface area contributed by atoms with E-state index in [2.05, 4.69) is 4.98 Å². The summed E-state index contributed by atoms with van der Waals surface area (Å²) in [6.07, 6.45) is -3.01. The summed E-state index contributed by atoms with van der Waals surface area (Å²) in [6.45, 7) is 0. The lowest BCUT2D eigenvalue weighted by Gasteiger charge is -2.07. The van der Waals surface area contributed by atoms with Gasteiger partial charge in [0.15, 0.2) is 5.01 Å². The number of nitrogens with zero attached hydrogens (tertiary/aromatic N) is 1. The molecule has 1 heterocycles. The summed E-state index contributed by atoms with van der Waals surface area (Å²) in [7, 11) is 0. The fourth-order valence-corrected chi connectivity index (χ4v) is 1.89. The van der Waals surface area contributed by atoms with Gasteiger partial charge >= 0.3 is 6.18 Å². The molecule has 17 heavy (non-hydrogen) atoms. The van der Waals surface area contributed by atoms with Gasteiger partial charge in [-0.25, -0.2) is 4.98 Å². The van der Waals surface area contributed by atoms with Gasteiger partial charge in [-0.1, -0.05) is 12.1 Å². The Hall–Kier alpha value is -1.69. The van der Waals surface area contributed by atoms with E-state index in [1.807, 2.05) is 0 Å². The molecule has 6 heteroatoms. The SMILES string of the molecule is O=C(c1cccc(C(F)(F)F)c1)c1nccs1. The van der Waals surface area contributed by atoms with Gasteiger partial charge in [-0.3, -0.25) is 4.79 Å². The molecule has 88 valence electrons. The number of aromatic nitrogens is 1. The molecule has 0 aliphatic heterocycles. The molecule has 2 aromatic rings. The molecular weight excluding hydrogens is 251 g/mol. The van der Waals surface area contributed by atoms with Crippen LogP contribution in [-0.2, 0) is 6.18 Å². The Bertz CT molecular complexity index is 534. The van der Waals surface area contributed by atoms with Crippen molar-refractivity contribution >= 4 is 17.1 Å². The molecule has 0 atom stereocenters. The zero-order chi connectivity index (χ0) is 12.5. The quantitative estimate of drug-likeness (QED) is 0.772. The molecule has 0 aliphatic rings. The van der Waals surface area contributed by atoms with E-state index >= 15 is 0 Å². The van der Waals surface area contributed by atoms with Crippen LogP contribution in [0, 0.1) is 0 Å². The second-order valence-corrected chi connectivity index (χ2v) is 4.14. The Balaban J connectivity index is 2.38. The minimum absolute atomic E-state index is 0.00484. The van der Waals surface area contributed by atoms with Gasteiger partial charge in [0.05, 0.1) is 5.56 Å². The first kappa shape index (κ1) is 11.8. The lowest BCUT2D eigenvalue weighted by atomic mass is 10.1. The Kier molecular flexibility index (Phi) is 2.97. The largest absolute Gasteiger partial charge is 0.416 e. The average molecular weight is 257 g/mol. The first-order valence-corrected chi connectivity index (χ1v) is 5.48. The molecule has 0 saturated carbocycles. The Labute approximate surface area is 98.7 Å². The maximum absolute atomic E-state index is 12.4. The molecule has 2 rings (SSSR count). The molecule has 1 aromatic carbocycles. The third kappa shape index (κ3) is 2.52. The van der Waals surface area contributed by atoms with Crippen molar-refractivity contribution in [2.45, 2.75) is 6.18 Å². The highest BCUT2D eigenvalue weighted by molar-refractivity contribution is 7.11. The van der Waals surface area contributed by atoms with Crippen LogP contribution in [0.2, 0.25) is 0 Å². The van der Waals surface area contributed by atoms with Crippen LogP contribution in [0.3, 0.4) is 0 Å². The summed E-state index contributed by atoms with van der Waals surface area (Å²) in [5, 5.41) is 1.78. The van der Waals surface area contributed by atoms with E-state index in [9.17, 15) is 18.0 Å². The predicted octanol–water partition coefficient (Wildman–Crippen LogP) is 3.39. The molecule has 0 bridgehead atoms. The van der Waals surface area contributed by atoms with Crippen molar-refractivity contribution in [2.24, 2.45) is 0 Å². The fourth-order valence-electron chi connectivity index (χ4n) is 1.30. The number of carbonyl (C=O) groups is 1. The van der Waals surface area contributed by atoms with Crippen LogP contribution in [0.1, 0.15) is 20.9 Å². The number of alkyl halides is 3.